The second-order valence-corrected chi connectivity index (χ2v) is 12.0. The minimum absolute atomic E-state index is 1.08. The molecule has 0 rings (SSSR count). The molecule has 0 amide bonds. The zero-order valence-electron chi connectivity index (χ0n) is 8.02. The maximum absolute atomic E-state index is 13.3. The normalized spacial score (nSPS) is 15.5. The van der Waals surface area contributed by atoms with Gasteiger partial charge in [0.2, 0.25) is 0 Å². The maximum atomic E-state index is 13.3. The van der Waals surface area contributed by atoms with Gasteiger partial charge in [-0.2, -0.15) is 25.8 Å². The molecule has 15 heavy (non-hydrogen) atoms. The molecular weight excluding hydrogens is 296 g/mol. The maximum Gasteiger partial charge on any atom is 0.381 e. The third-order valence-electron chi connectivity index (χ3n) is 1.39. The van der Waals surface area contributed by atoms with Crippen molar-refractivity contribution in [3.05, 3.63) is 0 Å². The minimum Gasteiger partial charge on any atom is -0.197 e. The van der Waals surface area contributed by atoms with Crippen molar-refractivity contribution in [1.29, 1.82) is 0 Å². The van der Waals surface area contributed by atoms with Crippen molar-refractivity contribution >= 4 is 41.4 Å². The molecule has 92 valence electrons. The molecule has 0 saturated heterocycles. The van der Waals surface area contributed by atoms with Gasteiger partial charge in [-0.15, -0.1) is 0 Å². The van der Waals surface area contributed by atoms with Gasteiger partial charge >= 0.3 is 19.8 Å². The number of rotatable bonds is 4. The van der Waals surface area contributed by atoms with Gasteiger partial charge in [-0.1, -0.05) is 19.6 Å². The quantitative estimate of drug-likeness (QED) is 0.456. The van der Waals surface area contributed by atoms with Crippen LogP contribution in [0.2, 0.25) is 19.6 Å². The van der Waals surface area contributed by atoms with Crippen LogP contribution in [0.5, 0.6) is 0 Å². The Hall–Kier alpha value is 0.497. The van der Waals surface area contributed by atoms with E-state index in [0.29, 0.717) is 0 Å². The fourth-order valence-electron chi connectivity index (χ4n) is 0.552. The molecule has 0 fully saturated rings. The van der Waals surface area contributed by atoms with Gasteiger partial charge in [0, 0.05) is 0 Å². The standard InChI is InChI=1S/C5H9Cl2F3O3SSi/c1-15(2,3)5(9,10)14(11,12)13-4(6,7)8/h1-3H3. The van der Waals surface area contributed by atoms with E-state index in [4.69, 9.17) is 0 Å². The summed E-state index contributed by atoms with van der Waals surface area (Å²) >= 11 is 9.11. The van der Waals surface area contributed by atoms with Gasteiger partial charge in [-0.25, -0.2) is 0 Å². The van der Waals surface area contributed by atoms with Crippen molar-refractivity contribution in [2.24, 2.45) is 0 Å². The molecule has 0 aliphatic heterocycles. The van der Waals surface area contributed by atoms with Crippen LogP contribution in [0.4, 0.5) is 13.2 Å². The zero-order valence-corrected chi connectivity index (χ0v) is 11.4. The minimum atomic E-state index is -5.49. The number of hydrogen-bond acceptors (Lipinski definition) is 3. The van der Waals surface area contributed by atoms with Crippen LogP contribution in [-0.4, -0.2) is 26.1 Å². The summed E-state index contributed by atoms with van der Waals surface area (Å²) < 4.78 is 60.6. The van der Waals surface area contributed by atoms with Gasteiger partial charge in [-0.05, 0) is 23.2 Å². The molecule has 0 atom stereocenters. The van der Waals surface area contributed by atoms with Crippen LogP contribution < -0.4 is 0 Å². The Labute approximate surface area is 96.6 Å². The number of alkyl halides is 5. The zero-order chi connectivity index (χ0) is 12.7. The lowest BCUT2D eigenvalue weighted by Gasteiger charge is -2.27. The first-order valence-corrected chi connectivity index (χ1v) is 9.27. The highest BCUT2D eigenvalue weighted by atomic mass is 35.5. The Balaban J connectivity index is 5.24. The summed E-state index contributed by atoms with van der Waals surface area (Å²) in [5.74, 6) is 0. The molecule has 0 spiro atoms. The Bertz CT molecular complexity index is 332. The Kier molecular flexibility index (Phi) is 4.20. The van der Waals surface area contributed by atoms with E-state index in [1.165, 1.54) is 0 Å². The first-order valence-electron chi connectivity index (χ1n) is 3.60. The van der Waals surface area contributed by atoms with Crippen molar-refractivity contribution in [1.82, 2.24) is 0 Å². The summed E-state index contributed by atoms with van der Waals surface area (Å²) in [6.45, 7) is 3.24. The van der Waals surface area contributed by atoms with Crippen LogP contribution in [0.15, 0.2) is 0 Å². The molecule has 0 bridgehead atoms. The van der Waals surface area contributed by atoms with Crippen molar-refractivity contribution in [2.45, 2.75) is 29.3 Å². The van der Waals surface area contributed by atoms with Gasteiger partial charge in [0.25, 0.3) is 0 Å². The molecular formula is C5H9Cl2F3O3SSi. The molecule has 0 aromatic heterocycles. The highest BCUT2D eigenvalue weighted by Crippen LogP contribution is 2.38. The molecule has 0 unspecified atom stereocenters. The SMILES string of the molecule is C[Si](C)(C)C(F)(F)S(=O)(=O)OC(F)(Cl)Cl. The molecule has 0 aliphatic carbocycles. The predicted molar refractivity (Wildman–Crippen MR) is 53.8 cm³/mol. The second-order valence-electron chi connectivity index (χ2n) is 3.75. The lowest BCUT2D eigenvalue weighted by Crippen LogP contribution is -2.52. The van der Waals surface area contributed by atoms with E-state index in [2.05, 4.69) is 27.4 Å². The van der Waals surface area contributed by atoms with E-state index in [1.807, 2.05) is 0 Å². The molecule has 0 aromatic rings. The molecule has 3 nitrogen and oxygen atoms in total. The molecule has 0 saturated carbocycles. The van der Waals surface area contributed by atoms with Crippen molar-refractivity contribution in [3.8, 4) is 0 Å². The average Bonchev–Trinajstić information content (AvgIpc) is 1.77. The van der Waals surface area contributed by atoms with Crippen LogP contribution in [0.25, 0.3) is 0 Å². The van der Waals surface area contributed by atoms with Gasteiger partial charge in [0.05, 0.1) is 0 Å². The largest absolute Gasteiger partial charge is 0.381 e. The van der Waals surface area contributed by atoms with Crippen LogP contribution in [-0.2, 0) is 14.3 Å². The Morgan fingerprint density at radius 1 is 1.13 bits per heavy atom. The number of hydrogen-bond donors (Lipinski definition) is 0. The fourth-order valence-corrected chi connectivity index (χ4v) is 4.53. The third-order valence-corrected chi connectivity index (χ3v) is 7.14. The molecule has 10 heteroatoms. The summed E-state index contributed by atoms with van der Waals surface area (Å²) in [7, 11) is -8.94. The van der Waals surface area contributed by atoms with E-state index in [-0.39, 0.29) is 0 Å². The summed E-state index contributed by atoms with van der Waals surface area (Å²) in [6.07, 6.45) is 0. The lowest BCUT2D eigenvalue weighted by atomic mass is 11.6. The Morgan fingerprint density at radius 3 is 1.67 bits per heavy atom. The van der Waals surface area contributed by atoms with Gasteiger partial charge < -0.3 is 0 Å². The van der Waals surface area contributed by atoms with Crippen LogP contribution >= 0.6 is 23.2 Å². The predicted octanol–water partition coefficient (Wildman–Crippen LogP) is 2.86. The Morgan fingerprint density at radius 2 is 1.47 bits per heavy atom. The molecule has 0 aromatic carbocycles. The molecule has 0 aliphatic rings. The van der Waals surface area contributed by atoms with Crippen molar-refractivity contribution in [2.75, 3.05) is 0 Å². The topological polar surface area (TPSA) is 43.4 Å². The van der Waals surface area contributed by atoms with Gasteiger partial charge in [0.1, 0.15) is 0 Å². The van der Waals surface area contributed by atoms with Gasteiger partial charge in [0.15, 0.2) is 8.07 Å². The van der Waals surface area contributed by atoms with Crippen LogP contribution in [0.1, 0.15) is 0 Å². The highest BCUT2D eigenvalue weighted by molar-refractivity contribution is 7.90. The van der Waals surface area contributed by atoms with E-state index in [0.717, 1.165) is 19.6 Å². The van der Waals surface area contributed by atoms with E-state index in [9.17, 15) is 21.6 Å². The average molecular weight is 305 g/mol. The summed E-state index contributed by atoms with van der Waals surface area (Å²) in [6, 6.07) is 0. The van der Waals surface area contributed by atoms with Gasteiger partial charge in [-0.3, -0.25) is 0 Å². The van der Waals surface area contributed by atoms with E-state index >= 15 is 0 Å². The first kappa shape index (κ1) is 15.5. The van der Waals surface area contributed by atoms with E-state index in [1.54, 1.807) is 0 Å². The summed E-state index contributed by atoms with van der Waals surface area (Å²) in [4.78, 5) is -4.18. The van der Waals surface area contributed by atoms with Crippen molar-refractivity contribution < 1.29 is 25.8 Å². The molecule has 0 heterocycles. The third kappa shape index (κ3) is 3.77. The van der Waals surface area contributed by atoms with Crippen LogP contribution in [0.3, 0.4) is 0 Å². The van der Waals surface area contributed by atoms with Crippen LogP contribution in [0, 0.1) is 0 Å². The fraction of sp³-hybridized carbons (Fsp3) is 1.00. The monoisotopic (exact) mass is 304 g/mol. The smallest absolute Gasteiger partial charge is 0.197 e. The highest BCUT2D eigenvalue weighted by Gasteiger charge is 2.59. The number of halogens is 5. The molecule has 0 N–H and O–H groups in total. The second kappa shape index (κ2) is 4.06. The molecule has 0 radical (unpaired) electrons. The van der Waals surface area contributed by atoms with E-state index < -0.39 is 27.8 Å². The first-order chi connectivity index (χ1) is 6.21. The summed E-state index contributed by atoms with van der Waals surface area (Å²) in [5, 5.41) is 0. The van der Waals surface area contributed by atoms with Crippen molar-refractivity contribution in [3.63, 3.8) is 0 Å². The lowest BCUT2D eigenvalue weighted by molar-refractivity contribution is 0.0779. The summed E-state index contributed by atoms with van der Waals surface area (Å²) in [5.41, 5.74) is 0.